The van der Waals surface area contributed by atoms with Crippen molar-refractivity contribution in [3.05, 3.63) is 28.8 Å². The number of ether oxygens (including phenoxy) is 1. The van der Waals surface area contributed by atoms with Crippen LogP contribution in [-0.4, -0.2) is 11.7 Å². The summed E-state index contributed by atoms with van der Waals surface area (Å²) in [5.74, 6) is 0. The second-order valence-corrected chi connectivity index (χ2v) is 4.69. The molecule has 0 saturated heterocycles. The molecule has 1 aromatic carbocycles. The summed E-state index contributed by atoms with van der Waals surface area (Å²) in [7, 11) is 0. The number of hydrogen-bond donors (Lipinski definition) is 2. The molecular formula is C11H15ClN2O2. The zero-order valence-electron chi connectivity index (χ0n) is 9.29. The predicted octanol–water partition coefficient (Wildman–Crippen LogP) is 2.34. The number of nitrogen functional groups attached to an aromatic ring is 1. The van der Waals surface area contributed by atoms with Gasteiger partial charge in [-0.1, -0.05) is 11.6 Å². The van der Waals surface area contributed by atoms with Gasteiger partial charge >= 0.3 is 6.09 Å². The second-order valence-electron chi connectivity index (χ2n) is 4.25. The number of anilines is 1. The zero-order valence-corrected chi connectivity index (χ0v) is 10.0. The van der Waals surface area contributed by atoms with E-state index in [9.17, 15) is 4.79 Å². The predicted molar refractivity (Wildman–Crippen MR) is 64.3 cm³/mol. The first-order valence-electron chi connectivity index (χ1n) is 4.82. The highest BCUT2D eigenvalue weighted by atomic mass is 35.5. The van der Waals surface area contributed by atoms with Crippen LogP contribution in [0.25, 0.3) is 0 Å². The zero-order chi connectivity index (χ0) is 12.3. The van der Waals surface area contributed by atoms with Crippen LogP contribution in [0.1, 0.15) is 19.4 Å². The third-order valence-electron chi connectivity index (χ3n) is 1.99. The number of primary amides is 1. The Morgan fingerprint density at radius 3 is 2.56 bits per heavy atom. The third kappa shape index (κ3) is 3.98. The van der Waals surface area contributed by atoms with Crippen molar-refractivity contribution in [1.82, 2.24) is 0 Å². The highest BCUT2D eigenvalue weighted by Crippen LogP contribution is 2.22. The minimum absolute atomic E-state index is 0.501. The number of hydrogen-bond acceptors (Lipinski definition) is 3. The van der Waals surface area contributed by atoms with Crippen molar-refractivity contribution in [2.45, 2.75) is 25.9 Å². The number of nitrogens with two attached hydrogens (primary N) is 2. The van der Waals surface area contributed by atoms with Crippen LogP contribution in [0.15, 0.2) is 18.2 Å². The minimum atomic E-state index is -0.792. The lowest BCUT2D eigenvalue weighted by Crippen LogP contribution is -2.33. The molecule has 0 radical (unpaired) electrons. The molecule has 1 aromatic rings. The van der Waals surface area contributed by atoms with Crippen LogP contribution in [0.2, 0.25) is 5.02 Å². The average Bonchev–Trinajstić information content (AvgIpc) is 1.95. The lowest BCUT2D eigenvalue weighted by atomic mass is 9.98. The third-order valence-corrected chi connectivity index (χ3v) is 2.20. The first-order chi connectivity index (χ1) is 7.28. The summed E-state index contributed by atoms with van der Waals surface area (Å²) in [4.78, 5) is 10.7. The molecule has 0 bridgehead atoms. The van der Waals surface area contributed by atoms with Crippen LogP contribution < -0.4 is 11.5 Å². The summed E-state index contributed by atoms with van der Waals surface area (Å²) in [5, 5.41) is 0.560. The van der Waals surface area contributed by atoms with E-state index in [4.69, 9.17) is 27.8 Å². The van der Waals surface area contributed by atoms with Gasteiger partial charge in [-0.05, 0) is 37.6 Å². The molecule has 0 atom stereocenters. The molecule has 1 rings (SSSR count). The molecule has 16 heavy (non-hydrogen) atoms. The van der Waals surface area contributed by atoms with Crippen molar-refractivity contribution in [3.63, 3.8) is 0 Å². The molecule has 0 spiro atoms. The van der Waals surface area contributed by atoms with Crippen molar-refractivity contribution in [2.24, 2.45) is 5.73 Å². The quantitative estimate of drug-likeness (QED) is 0.799. The lowest BCUT2D eigenvalue weighted by Gasteiger charge is -2.24. The maximum absolute atomic E-state index is 10.7. The number of benzene rings is 1. The van der Waals surface area contributed by atoms with E-state index >= 15 is 0 Å². The van der Waals surface area contributed by atoms with Gasteiger partial charge in [-0.25, -0.2) is 4.79 Å². The highest BCUT2D eigenvalue weighted by Gasteiger charge is 2.22. The Balaban J connectivity index is 2.83. The van der Waals surface area contributed by atoms with E-state index in [0.29, 0.717) is 17.1 Å². The van der Waals surface area contributed by atoms with Crippen LogP contribution in [-0.2, 0) is 11.2 Å². The summed E-state index contributed by atoms with van der Waals surface area (Å²) in [6.45, 7) is 3.55. The van der Waals surface area contributed by atoms with Crippen molar-refractivity contribution < 1.29 is 9.53 Å². The van der Waals surface area contributed by atoms with E-state index in [1.807, 2.05) is 0 Å². The molecular weight excluding hydrogens is 228 g/mol. The molecule has 0 heterocycles. The number of halogens is 1. The molecule has 0 aliphatic heterocycles. The van der Waals surface area contributed by atoms with Gasteiger partial charge in [0.15, 0.2) is 0 Å². The first kappa shape index (κ1) is 12.6. The summed E-state index contributed by atoms with van der Waals surface area (Å²) >= 11 is 5.87. The Labute approximate surface area is 99.5 Å². The monoisotopic (exact) mass is 242 g/mol. The number of carbonyl (C=O) groups excluding carboxylic acids is 1. The van der Waals surface area contributed by atoms with Crippen LogP contribution in [0, 0.1) is 0 Å². The van der Waals surface area contributed by atoms with Gasteiger partial charge in [0.25, 0.3) is 0 Å². The summed E-state index contributed by atoms with van der Waals surface area (Å²) in [6.07, 6.45) is -0.291. The second kappa shape index (κ2) is 4.61. The van der Waals surface area contributed by atoms with Gasteiger partial charge in [0.2, 0.25) is 0 Å². The Hall–Kier alpha value is -1.42. The normalized spacial score (nSPS) is 11.2. The number of rotatable bonds is 3. The Kier molecular flexibility index (Phi) is 3.65. The molecule has 0 fully saturated rings. The van der Waals surface area contributed by atoms with E-state index in [1.165, 1.54) is 0 Å². The molecule has 0 aromatic heterocycles. The minimum Gasteiger partial charge on any atom is -0.443 e. The summed E-state index contributed by atoms with van der Waals surface area (Å²) in [5.41, 5.74) is 11.4. The fraction of sp³-hybridized carbons (Fsp3) is 0.364. The topological polar surface area (TPSA) is 78.3 Å². The average molecular weight is 243 g/mol. The molecule has 5 heteroatoms. The van der Waals surface area contributed by atoms with Gasteiger partial charge in [0, 0.05) is 17.1 Å². The van der Waals surface area contributed by atoms with Crippen LogP contribution >= 0.6 is 11.6 Å². The smallest absolute Gasteiger partial charge is 0.405 e. The molecule has 0 unspecified atom stereocenters. The van der Waals surface area contributed by atoms with Gasteiger partial charge < -0.3 is 16.2 Å². The van der Waals surface area contributed by atoms with E-state index in [0.717, 1.165) is 5.56 Å². The molecule has 0 saturated carbocycles. The standard InChI is InChI=1S/C11H15ClN2O2/c1-11(2,16-10(14)15)6-7-3-8(12)5-9(13)4-7/h3-5H,6,13H2,1-2H3,(H2,14,15). The van der Waals surface area contributed by atoms with Crippen LogP contribution in [0.5, 0.6) is 0 Å². The van der Waals surface area contributed by atoms with Gasteiger partial charge in [-0.15, -0.1) is 0 Å². The van der Waals surface area contributed by atoms with Crippen LogP contribution in [0.3, 0.4) is 0 Å². The molecule has 4 N–H and O–H groups in total. The molecule has 0 aliphatic carbocycles. The largest absolute Gasteiger partial charge is 0.443 e. The lowest BCUT2D eigenvalue weighted by molar-refractivity contribution is 0.0460. The Morgan fingerprint density at radius 2 is 2.06 bits per heavy atom. The van der Waals surface area contributed by atoms with Gasteiger partial charge in [-0.3, -0.25) is 0 Å². The molecule has 0 aliphatic rings. The van der Waals surface area contributed by atoms with E-state index in [-0.39, 0.29) is 0 Å². The van der Waals surface area contributed by atoms with Crippen molar-refractivity contribution in [3.8, 4) is 0 Å². The van der Waals surface area contributed by atoms with E-state index in [1.54, 1.807) is 32.0 Å². The molecule has 4 nitrogen and oxygen atoms in total. The maximum atomic E-state index is 10.7. The van der Waals surface area contributed by atoms with E-state index < -0.39 is 11.7 Å². The first-order valence-corrected chi connectivity index (χ1v) is 5.20. The van der Waals surface area contributed by atoms with E-state index in [2.05, 4.69) is 0 Å². The fourth-order valence-electron chi connectivity index (χ4n) is 1.58. The van der Waals surface area contributed by atoms with Crippen molar-refractivity contribution in [2.75, 3.05) is 5.73 Å². The fourth-order valence-corrected chi connectivity index (χ4v) is 1.84. The number of carbonyl (C=O) groups is 1. The van der Waals surface area contributed by atoms with Crippen molar-refractivity contribution in [1.29, 1.82) is 0 Å². The summed E-state index contributed by atoms with van der Waals surface area (Å²) < 4.78 is 4.98. The maximum Gasteiger partial charge on any atom is 0.405 e. The highest BCUT2D eigenvalue weighted by molar-refractivity contribution is 6.30. The number of amides is 1. The Morgan fingerprint density at radius 1 is 1.44 bits per heavy atom. The van der Waals surface area contributed by atoms with Crippen molar-refractivity contribution >= 4 is 23.4 Å². The Bertz CT molecular complexity index is 385. The van der Waals surface area contributed by atoms with Crippen LogP contribution in [0.4, 0.5) is 10.5 Å². The van der Waals surface area contributed by atoms with Gasteiger partial charge in [-0.2, -0.15) is 0 Å². The SMILES string of the molecule is CC(C)(Cc1cc(N)cc(Cl)c1)OC(N)=O. The summed E-state index contributed by atoms with van der Waals surface area (Å²) in [6, 6.07) is 5.23. The molecule has 88 valence electrons. The van der Waals surface area contributed by atoms with Gasteiger partial charge in [0.1, 0.15) is 5.60 Å². The van der Waals surface area contributed by atoms with Gasteiger partial charge in [0.05, 0.1) is 0 Å². The molecule has 1 amide bonds.